The molecule has 0 rings (SSSR count). The van der Waals surface area contributed by atoms with Crippen LogP contribution in [0.1, 0.15) is 181 Å². The van der Waals surface area contributed by atoms with Gasteiger partial charge in [-0.2, -0.15) is 8.42 Å². The first-order chi connectivity index (χ1) is 20.5. The Kier molecular flexibility index (Phi) is 31.9. The number of unbranched alkanes of at least 4 members (excludes halogenated alkanes) is 18. The molecule has 0 N–H and O–H groups in total. The number of hydrogen-bond acceptors (Lipinski definition) is 3. The van der Waals surface area contributed by atoms with Gasteiger partial charge in [-0.1, -0.05) is 152 Å². The first-order valence-electron chi connectivity index (χ1n) is 18.0. The normalized spacial score (nSPS) is 12.9. The Hall–Kier alpha value is -1.13. The fourth-order valence-corrected chi connectivity index (χ4v) is 5.90. The Bertz CT molecular complexity index is 715. The maximum Gasteiger partial charge on any atom is 0.264 e. The van der Waals surface area contributed by atoms with E-state index in [1.54, 1.807) is 0 Å². The monoisotopic (exact) mass is 607 g/mol. The molecule has 0 bridgehead atoms. The highest BCUT2D eigenvalue weighted by Crippen LogP contribution is 2.18. The third-order valence-corrected chi connectivity index (χ3v) is 8.39. The molecule has 0 aliphatic carbocycles. The summed E-state index contributed by atoms with van der Waals surface area (Å²) < 4.78 is 28.9. The Morgan fingerprint density at radius 3 is 1.10 bits per heavy atom. The molecule has 0 aliphatic rings. The predicted octanol–water partition coefficient (Wildman–Crippen LogP) is 12.7. The van der Waals surface area contributed by atoms with Crippen molar-refractivity contribution in [3.63, 3.8) is 0 Å². The number of hydrogen-bond donors (Lipinski definition) is 0. The van der Waals surface area contributed by atoms with Gasteiger partial charge in [0.25, 0.3) is 10.1 Å². The Morgan fingerprint density at radius 2 is 0.762 bits per heavy atom. The van der Waals surface area contributed by atoms with E-state index in [4.69, 9.17) is 4.18 Å². The van der Waals surface area contributed by atoms with Crippen molar-refractivity contribution >= 4 is 10.1 Å². The SMILES string of the molecule is CCCCC/C=C/C/C=C/CCCCCCCCC(CCCCCCCC/C=C/C/C=C/CCCCC)OS(C)(=O)=O. The molecular formula is C38H70O3S. The minimum Gasteiger partial charge on any atom is -0.267 e. The zero-order valence-corrected chi connectivity index (χ0v) is 29.0. The van der Waals surface area contributed by atoms with Crippen molar-refractivity contribution < 1.29 is 12.6 Å². The second-order valence-corrected chi connectivity index (χ2v) is 13.8. The molecule has 0 spiro atoms. The van der Waals surface area contributed by atoms with E-state index in [1.165, 1.54) is 135 Å². The van der Waals surface area contributed by atoms with Gasteiger partial charge in [0.2, 0.25) is 0 Å². The highest BCUT2D eigenvalue weighted by molar-refractivity contribution is 7.86. The highest BCUT2D eigenvalue weighted by Gasteiger charge is 2.15. The molecule has 0 saturated carbocycles. The van der Waals surface area contributed by atoms with Gasteiger partial charge in [-0.15, -0.1) is 0 Å². The summed E-state index contributed by atoms with van der Waals surface area (Å²) in [7, 11) is -3.39. The summed E-state index contributed by atoms with van der Waals surface area (Å²) in [6.45, 7) is 4.50. The van der Waals surface area contributed by atoms with Crippen molar-refractivity contribution in [2.75, 3.05) is 6.26 Å². The van der Waals surface area contributed by atoms with Gasteiger partial charge in [-0.05, 0) is 77.0 Å². The van der Waals surface area contributed by atoms with Gasteiger partial charge in [0, 0.05) is 0 Å². The summed E-state index contributed by atoms with van der Waals surface area (Å²) in [6, 6.07) is 0. The number of allylic oxidation sites excluding steroid dienone is 8. The highest BCUT2D eigenvalue weighted by atomic mass is 32.2. The van der Waals surface area contributed by atoms with Crippen molar-refractivity contribution in [3.8, 4) is 0 Å². The van der Waals surface area contributed by atoms with Crippen LogP contribution in [0.3, 0.4) is 0 Å². The molecular weight excluding hydrogens is 536 g/mol. The lowest BCUT2D eigenvalue weighted by molar-refractivity contribution is 0.182. The van der Waals surface area contributed by atoms with Crippen molar-refractivity contribution in [1.82, 2.24) is 0 Å². The van der Waals surface area contributed by atoms with Gasteiger partial charge >= 0.3 is 0 Å². The summed E-state index contributed by atoms with van der Waals surface area (Å²) in [5.41, 5.74) is 0. The molecule has 0 atom stereocenters. The van der Waals surface area contributed by atoms with E-state index in [2.05, 4.69) is 62.5 Å². The molecule has 0 amide bonds. The molecule has 0 heterocycles. The second kappa shape index (κ2) is 32.8. The molecule has 0 aromatic rings. The van der Waals surface area contributed by atoms with Crippen LogP contribution < -0.4 is 0 Å². The van der Waals surface area contributed by atoms with E-state index in [0.717, 1.165) is 38.5 Å². The minimum atomic E-state index is -3.39. The first-order valence-corrected chi connectivity index (χ1v) is 19.8. The van der Waals surface area contributed by atoms with Gasteiger partial charge in [0.05, 0.1) is 12.4 Å². The fourth-order valence-electron chi connectivity index (χ4n) is 5.21. The lowest BCUT2D eigenvalue weighted by Gasteiger charge is -2.16. The Labute approximate surface area is 263 Å². The topological polar surface area (TPSA) is 43.4 Å². The first kappa shape index (κ1) is 40.9. The average Bonchev–Trinajstić information content (AvgIpc) is 2.95. The van der Waals surface area contributed by atoms with E-state index < -0.39 is 10.1 Å². The molecule has 0 unspecified atom stereocenters. The molecule has 42 heavy (non-hydrogen) atoms. The van der Waals surface area contributed by atoms with Crippen LogP contribution in [0.5, 0.6) is 0 Å². The third-order valence-electron chi connectivity index (χ3n) is 7.76. The van der Waals surface area contributed by atoms with Crippen LogP contribution in [-0.2, 0) is 14.3 Å². The lowest BCUT2D eigenvalue weighted by Crippen LogP contribution is -2.17. The molecule has 0 aromatic heterocycles. The van der Waals surface area contributed by atoms with Crippen molar-refractivity contribution in [3.05, 3.63) is 48.6 Å². The Balaban J connectivity index is 3.75. The van der Waals surface area contributed by atoms with Crippen LogP contribution in [0.2, 0.25) is 0 Å². The van der Waals surface area contributed by atoms with Gasteiger partial charge in [-0.3, -0.25) is 4.18 Å². The zero-order valence-electron chi connectivity index (χ0n) is 28.2. The van der Waals surface area contributed by atoms with E-state index in [9.17, 15) is 8.42 Å². The maximum absolute atomic E-state index is 11.7. The maximum atomic E-state index is 11.7. The van der Waals surface area contributed by atoms with Crippen LogP contribution in [0, 0.1) is 0 Å². The zero-order chi connectivity index (χ0) is 30.8. The van der Waals surface area contributed by atoms with Gasteiger partial charge < -0.3 is 0 Å². The molecule has 246 valence electrons. The Morgan fingerprint density at radius 1 is 0.452 bits per heavy atom. The second-order valence-electron chi connectivity index (χ2n) is 12.2. The van der Waals surface area contributed by atoms with Gasteiger partial charge in [0.1, 0.15) is 0 Å². The van der Waals surface area contributed by atoms with Crippen LogP contribution in [-0.4, -0.2) is 20.8 Å². The summed E-state index contributed by atoms with van der Waals surface area (Å²) in [4.78, 5) is 0. The van der Waals surface area contributed by atoms with E-state index >= 15 is 0 Å². The molecule has 4 heteroatoms. The summed E-state index contributed by atoms with van der Waals surface area (Å²) >= 11 is 0. The molecule has 0 saturated heterocycles. The van der Waals surface area contributed by atoms with Gasteiger partial charge in [0.15, 0.2) is 0 Å². The standard InChI is InChI=1S/C38H70O3S/c1-4-6-8-10-12-14-16-18-20-22-24-26-28-30-32-34-36-38(41-42(3,39)40)37-35-33-31-29-27-25-23-21-19-17-15-13-11-9-7-5-2/h12-15,18-21,38H,4-11,16-17,22-37H2,1-3H3/b14-12+,15-13+,20-18+,21-19+. The van der Waals surface area contributed by atoms with Crippen LogP contribution in [0.15, 0.2) is 48.6 Å². The van der Waals surface area contributed by atoms with Crippen molar-refractivity contribution in [1.29, 1.82) is 0 Å². The van der Waals surface area contributed by atoms with E-state index in [-0.39, 0.29) is 6.10 Å². The summed E-state index contributed by atoms with van der Waals surface area (Å²) in [6.07, 6.45) is 50.7. The van der Waals surface area contributed by atoms with Crippen LogP contribution in [0.25, 0.3) is 0 Å². The summed E-state index contributed by atoms with van der Waals surface area (Å²) in [5.74, 6) is 0. The van der Waals surface area contributed by atoms with Crippen LogP contribution >= 0.6 is 0 Å². The van der Waals surface area contributed by atoms with E-state index in [1.807, 2.05) is 0 Å². The lowest BCUT2D eigenvalue weighted by atomic mass is 10.0. The third kappa shape index (κ3) is 35.1. The van der Waals surface area contributed by atoms with Crippen molar-refractivity contribution in [2.45, 2.75) is 187 Å². The smallest absolute Gasteiger partial charge is 0.264 e. The minimum absolute atomic E-state index is 0.142. The van der Waals surface area contributed by atoms with Gasteiger partial charge in [-0.25, -0.2) is 0 Å². The number of rotatable bonds is 32. The van der Waals surface area contributed by atoms with Crippen LogP contribution in [0.4, 0.5) is 0 Å². The quantitative estimate of drug-likeness (QED) is 0.0434. The largest absolute Gasteiger partial charge is 0.267 e. The molecule has 0 radical (unpaired) electrons. The predicted molar refractivity (Wildman–Crippen MR) is 188 cm³/mol. The molecule has 0 fully saturated rings. The average molecular weight is 607 g/mol. The molecule has 3 nitrogen and oxygen atoms in total. The molecule has 0 aliphatic heterocycles. The van der Waals surface area contributed by atoms with Crippen molar-refractivity contribution in [2.24, 2.45) is 0 Å². The molecule has 0 aromatic carbocycles. The fraction of sp³-hybridized carbons (Fsp3) is 0.789. The van der Waals surface area contributed by atoms with E-state index in [0.29, 0.717) is 0 Å². The summed E-state index contributed by atoms with van der Waals surface area (Å²) in [5, 5.41) is 0.